The molecule has 3 heterocycles. The third-order valence-electron chi connectivity index (χ3n) is 6.76. The smallest absolute Gasteiger partial charge is 0.293 e. The van der Waals surface area contributed by atoms with Crippen molar-refractivity contribution in [2.24, 2.45) is 0 Å². The average Bonchev–Trinajstić information content (AvgIpc) is 3.34. The van der Waals surface area contributed by atoms with Crippen molar-refractivity contribution in [3.63, 3.8) is 0 Å². The van der Waals surface area contributed by atoms with Gasteiger partial charge in [0.2, 0.25) is 11.7 Å². The lowest BCUT2D eigenvalue weighted by Gasteiger charge is -2.34. The minimum Gasteiger partial charge on any atom is -0.368 e. The van der Waals surface area contributed by atoms with Crippen molar-refractivity contribution in [1.82, 2.24) is 19.9 Å². The molecule has 1 atom stereocenters. The number of carbonyl (C=O) groups is 2. The first kappa shape index (κ1) is 23.2. The third-order valence-corrected chi connectivity index (χ3v) is 6.76. The standard InChI is InChI=1S/C27H30N4O4/c32-26-18-30(27(33)25-15-24(29-35-25)20-9-3-1-4-10-20)16-23(34-19-21-11-7-8-14-28-21)17-31(26)22-12-5-2-6-13-22/h1,3-4,7-11,14-15,22-23H,2,5-6,12-13,16-19H2. The molecular weight excluding hydrogens is 444 g/mol. The summed E-state index contributed by atoms with van der Waals surface area (Å²) in [6.45, 7) is 1.08. The predicted molar refractivity (Wildman–Crippen MR) is 129 cm³/mol. The van der Waals surface area contributed by atoms with Gasteiger partial charge in [-0.05, 0) is 25.0 Å². The highest BCUT2D eigenvalue weighted by Gasteiger charge is 2.36. The zero-order valence-corrected chi connectivity index (χ0v) is 19.7. The van der Waals surface area contributed by atoms with Crippen molar-refractivity contribution >= 4 is 11.8 Å². The monoisotopic (exact) mass is 474 g/mol. The van der Waals surface area contributed by atoms with E-state index < -0.39 is 0 Å². The largest absolute Gasteiger partial charge is 0.368 e. The van der Waals surface area contributed by atoms with E-state index in [1.807, 2.05) is 53.4 Å². The molecule has 1 unspecified atom stereocenters. The number of hydrogen-bond donors (Lipinski definition) is 0. The van der Waals surface area contributed by atoms with Crippen LogP contribution in [0, 0.1) is 0 Å². The predicted octanol–water partition coefficient (Wildman–Crippen LogP) is 3.94. The van der Waals surface area contributed by atoms with E-state index in [1.165, 1.54) is 11.3 Å². The molecule has 0 spiro atoms. The maximum atomic E-state index is 13.4. The molecule has 2 aromatic heterocycles. The Bertz CT molecular complexity index is 1130. The van der Waals surface area contributed by atoms with Crippen LogP contribution >= 0.6 is 0 Å². The SMILES string of the molecule is O=C(c1cc(-c2ccccc2)no1)N1CC(=O)N(C2CCCCC2)CC(OCc2ccccn2)C1. The van der Waals surface area contributed by atoms with Crippen LogP contribution in [0.4, 0.5) is 0 Å². The molecule has 0 radical (unpaired) electrons. The lowest BCUT2D eigenvalue weighted by Crippen LogP contribution is -2.46. The minimum absolute atomic E-state index is 0.000149. The molecule has 2 aliphatic rings. The molecule has 1 saturated heterocycles. The van der Waals surface area contributed by atoms with Gasteiger partial charge in [-0.1, -0.05) is 60.8 Å². The second-order valence-electron chi connectivity index (χ2n) is 9.22. The molecule has 2 fully saturated rings. The van der Waals surface area contributed by atoms with Gasteiger partial charge in [0.1, 0.15) is 12.2 Å². The summed E-state index contributed by atoms with van der Waals surface area (Å²) in [5.41, 5.74) is 2.26. The normalized spacial score (nSPS) is 19.5. The molecule has 35 heavy (non-hydrogen) atoms. The summed E-state index contributed by atoms with van der Waals surface area (Å²) in [6, 6.07) is 17.1. The van der Waals surface area contributed by atoms with Gasteiger partial charge in [-0.3, -0.25) is 14.6 Å². The number of nitrogens with zero attached hydrogens (tertiary/aromatic N) is 4. The molecule has 1 aromatic carbocycles. The molecule has 2 amide bonds. The van der Waals surface area contributed by atoms with E-state index in [4.69, 9.17) is 9.26 Å². The Labute approximate surface area is 204 Å². The van der Waals surface area contributed by atoms with Crippen LogP contribution in [0.25, 0.3) is 11.3 Å². The third kappa shape index (κ3) is 5.59. The van der Waals surface area contributed by atoms with Gasteiger partial charge >= 0.3 is 0 Å². The van der Waals surface area contributed by atoms with Crippen LogP contribution in [0.1, 0.15) is 48.4 Å². The number of amides is 2. The number of benzene rings is 1. The molecule has 0 bridgehead atoms. The van der Waals surface area contributed by atoms with E-state index in [1.54, 1.807) is 12.3 Å². The van der Waals surface area contributed by atoms with Crippen LogP contribution in [0.5, 0.6) is 0 Å². The number of rotatable bonds is 6. The Hall–Kier alpha value is -3.52. The second-order valence-corrected chi connectivity index (χ2v) is 9.22. The fraction of sp³-hybridized carbons (Fsp3) is 0.407. The lowest BCUT2D eigenvalue weighted by molar-refractivity contribution is -0.134. The highest BCUT2D eigenvalue weighted by atomic mass is 16.5. The summed E-state index contributed by atoms with van der Waals surface area (Å²) in [5.74, 6) is -0.284. The first-order valence-corrected chi connectivity index (χ1v) is 12.3. The summed E-state index contributed by atoms with van der Waals surface area (Å²) >= 11 is 0. The van der Waals surface area contributed by atoms with Gasteiger partial charge in [-0.25, -0.2) is 0 Å². The van der Waals surface area contributed by atoms with E-state index in [2.05, 4.69) is 10.1 Å². The van der Waals surface area contributed by atoms with E-state index in [0.717, 1.165) is 36.9 Å². The zero-order valence-electron chi connectivity index (χ0n) is 19.7. The van der Waals surface area contributed by atoms with Gasteiger partial charge < -0.3 is 19.1 Å². The van der Waals surface area contributed by atoms with Crippen LogP contribution in [0.3, 0.4) is 0 Å². The van der Waals surface area contributed by atoms with E-state index in [0.29, 0.717) is 25.4 Å². The second kappa shape index (κ2) is 10.8. The first-order chi connectivity index (χ1) is 17.2. The van der Waals surface area contributed by atoms with E-state index >= 15 is 0 Å². The van der Waals surface area contributed by atoms with Gasteiger partial charge in [-0.2, -0.15) is 0 Å². The van der Waals surface area contributed by atoms with Crippen LogP contribution in [-0.4, -0.2) is 63.5 Å². The molecule has 1 aliphatic heterocycles. The molecule has 1 saturated carbocycles. The molecule has 5 rings (SSSR count). The summed E-state index contributed by atoms with van der Waals surface area (Å²) in [7, 11) is 0. The summed E-state index contributed by atoms with van der Waals surface area (Å²) in [5, 5.41) is 4.07. The minimum atomic E-state index is -0.357. The van der Waals surface area contributed by atoms with Crippen molar-refractivity contribution in [1.29, 1.82) is 0 Å². The molecule has 8 nitrogen and oxygen atoms in total. The zero-order chi connectivity index (χ0) is 24.0. The number of ether oxygens (including phenoxy) is 1. The van der Waals surface area contributed by atoms with Crippen LogP contribution < -0.4 is 0 Å². The van der Waals surface area contributed by atoms with Crippen LogP contribution in [0.15, 0.2) is 65.3 Å². The molecule has 8 heteroatoms. The van der Waals surface area contributed by atoms with Gasteiger partial charge in [0.15, 0.2) is 0 Å². The van der Waals surface area contributed by atoms with Crippen molar-refractivity contribution in [3.8, 4) is 11.3 Å². The van der Waals surface area contributed by atoms with Gasteiger partial charge in [-0.15, -0.1) is 0 Å². The van der Waals surface area contributed by atoms with E-state index in [9.17, 15) is 9.59 Å². The number of hydrogen-bond acceptors (Lipinski definition) is 6. The Morgan fingerprint density at radius 2 is 1.83 bits per heavy atom. The van der Waals surface area contributed by atoms with Gasteiger partial charge in [0.05, 0.1) is 18.4 Å². The maximum absolute atomic E-state index is 13.4. The summed E-state index contributed by atoms with van der Waals surface area (Å²) in [6.07, 6.45) is 6.84. The highest BCUT2D eigenvalue weighted by Crippen LogP contribution is 2.26. The summed E-state index contributed by atoms with van der Waals surface area (Å²) < 4.78 is 11.6. The van der Waals surface area contributed by atoms with Crippen molar-refractivity contribution in [2.45, 2.75) is 50.9 Å². The van der Waals surface area contributed by atoms with Crippen LogP contribution in [-0.2, 0) is 16.1 Å². The fourth-order valence-corrected chi connectivity index (χ4v) is 4.91. The van der Waals surface area contributed by atoms with Crippen molar-refractivity contribution in [3.05, 3.63) is 72.2 Å². The van der Waals surface area contributed by atoms with Crippen molar-refractivity contribution in [2.75, 3.05) is 19.6 Å². The molecule has 182 valence electrons. The Morgan fingerprint density at radius 1 is 1.03 bits per heavy atom. The quantitative estimate of drug-likeness (QED) is 0.538. The average molecular weight is 475 g/mol. The van der Waals surface area contributed by atoms with Gasteiger partial charge in [0, 0.05) is 37.0 Å². The lowest BCUT2D eigenvalue weighted by atomic mass is 9.94. The molecular formula is C27H30N4O4. The van der Waals surface area contributed by atoms with Crippen LogP contribution in [0.2, 0.25) is 0 Å². The first-order valence-electron chi connectivity index (χ1n) is 12.3. The molecule has 3 aromatic rings. The number of aromatic nitrogens is 2. The fourth-order valence-electron chi connectivity index (χ4n) is 4.91. The van der Waals surface area contributed by atoms with Crippen molar-refractivity contribution < 1.29 is 18.8 Å². The molecule has 1 aliphatic carbocycles. The number of pyridine rings is 1. The highest BCUT2D eigenvalue weighted by molar-refractivity contribution is 5.95. The topological polar surface area (TPSA) is 88.8 Å². The molecule has 0 N–H and O–H groups in total. The number of carbonyl (C=O) groups excluding carboxylic acids is 2. The Balaban J connectivity index is 1.35. The Kier molecular flexibility index (Phi) is 7.18. The Morgan fingerprint density at radius 3 is 2.60 bits per heavy atom. The van der Waals surface area contributed by atoms with Gasteiger partial charge in [0.25, 0.3) is 5.91 Å². The summed E-state index contributed by atoms with van der Waals surface area (Å²) in [4.78, 5) is 34.5. The van der Waals surface area contributed by atoms with E-state index in [-0.39, 0.29) is 36.3 Å². The maximum Gasteiger partial charge on any atom is 0.293 e.